The highest BCUT2D eigenvalue weighted by Gasteiger charge is 2.23. The summed E-state index contributed by atoms with van der Waals surface area (Å²) in [6.45, 7) is 0. The lowest BCUT2D eigenvalue weighted by Gasteiger charge is -2.22. The summed E-state index contributed by atoms with van der Waals surface area (Å²) in [7, 11) is 0. The molecular formula is C22H18N4. The van der Waals surface area contributed by atoms with Gasteiger partial charge in [-0.2, -0.15) is 14.6 Å². The summed E-state index contributed by atoms with van der Waals surface area (Å²) in [5.41, 5.74) is 7.09. The average molecular weight is 338 g/mol. The second-order valence-electron chi connectivity index (χ2n) is 6.56. The zero-order valence-corrected chi connectivity index (χ0v) is 14.3. The van der Waals surface area contributed by atoms with Crippen LogP contribution in [0.15, 0.2) is 67.0 Å². The lowest BCUT2D eigenvalue weighted by atomic mass is 9.87. The fourth-order valence-electron chi connectivity index (χ4n) is 3.74. The molecule has 2 heterocycles. The molecule has 0 fully saturated rings. The first-order valence-electron chi connectivity index (χ1n) is 8.94. The van der Waals surface area contributed by atoms with Crippen LogP contribution in [0.2, 0.25) is 0 Å². The third-order valence-electron chi connectivity index (χ3n) is 4.89. The van der Waals surface area contributed by atoms with E-state index < -0.39 is 0 Å². The second-order valence-corrected chi connectivity index (χ2v) is 6.56. The first kappa shape index (κ1) is 15.0. The second kappa shape index (κ2) is 6.23. The number of fused-ring (bicyclic) bond motifs is 2. The molecule has 26 heavy (non-hydrogen) atoms. The van der Waals surface area contributed by atoms with Crippen LogP contribution in [0.1, 0.15) is 29.7 Å². The van der Waals surface area contributed by atoms with Crippen LogP contribution < -0.4 is 0 Å². The third kappa shape index (κ3) is 2.51. The number of nitrogens with zero attached hydrogens (tertiary/aromatic N) is 4. The zero-order chi connectivity index (χ0) is 17.3. The molecule has 1 aliphatic carbocycles. The van der Waals surface area contributed by atoms with Crippen molar-refractivity contribution in [2.75, 3.05) is 0 Å². The molecular weight excluding hydrogens is 320 g/mol. The van der Waals surface area contributed by atoms with Crippen molar-refractivity contribution >= 4 is 17.4 Å². The smallest absolute Gasteiger partial charge is 0.211 e. The highest BCUT2D eigenvalue weighted by atomic mass is 15.3. The fourth-order valence-corrected chi connectivity index (χ4v) is 3.74. The zero-order valence-electron chi connectivity index (χ0n) is 14.3. The molecule has 4 nitrogen and oxygen atoms in total. The van der Waals surface area contributed by atoms with Gasteiger partial charge >= 0.3 is 0 Å². The molecule has 2 aromatic heterocycles. The van der Waals surface area contributed by atoms with Gasteiger partial charge in [0.25, 0.3) is 5.78 Å². The number of hydrogen-bond donors (Lipinski definition) is 0. The molecule has 0 N–H and O–H groups in total. The topological polar surface area (TPSA) is 43.1 Å². The van der Waals surface area contributed by atoms with Crippen LogP contribution in [-0.2, 0) is 6.42 Å². The molecule has 2 aromatic carbocycles. The van der Waals surface area contributed by atoms with Crippen molar-refractivity contribution in [2.45, 2.75) is 19.3 Å². The van der Waals surface area contributed by atoms with Crippen LogP contribution in [0.25, 0.3) is 28.7 Å². The Morgan fingerprint density at radius 3 is 2.46 bits per heavy atom. The van der Waals surface area contributed by atoms with Gasteiger partial charge < -0.3 is 0 Å². The van der Waals surface area contributed by atoms with Gasteiger partial charge in [0.15, 0.2) is 0 Å². The van der Waals surface area contributed by atoms with Crippen LogP contribution >= 0.6 is 0 Å². The predicted molar refractivity (Wildman–Crippen MR) is 103 cm³/mol. The Morgan fingerprint density at radius 2 is 1.65 bits per heavy atom. The van der Waals surface area contributed by atoms with Gasteiger partial charge in [0.1, 0.15) is 6.33 Å². The molecule has 0 radical (unpaired) electrons. The molecule has 0 aliphatic heterocycles. The van der Waals surface area contributed by atoms with Gasteiger partial charge in [-0.3, -0.25) is 0 Å². The maximum atomic E-state index is 4.86. The molecule has 0 atom stereocenters. The molecule has 0 unspecified atom stereocenters. The number of benzene rings is 2. The third-order valence-corrected chi connectivity index (χ3v) is 4.89. The molecule has 1 aliphatic rings. The van der Waals surface area contributed by atoms with Crippen molar-refractivity contribution in [3.8, 4) is 11.3 Å². The molecule has 5 rings (SSSR count). The molecule has 0 bridgehead atoms. The minimum atomic E-state index is 0.656. The van der Waals surface area contributed by atoms with Crippen molar-refractivity contribution in [2.24, 2.45) is 0 Å². The SMILES string of the molecule is C(=C1/CCCc2c1nc1ncnn1c2-c1ccccc1)/c1ccccc1. The van der Waals surface area contributed by atoms with E-state index in [9.17, 15) is 0 Å². The lowest BCUT2D eigenvalue weighted by molar-refractivity contribution is 0.792. The summed E-state index contributed by atoms with van der Waals surface area (Å²) < 4.78 is 1.87. The monoisotopic (exact) mass is 338 g/mol. The minimum Gasteiger partial charge on any atom is -0.211 e. The molecule has 0 spiro atoms. The number of rotatable bonds is 2. The van der Waals surface area contributed by atoms with E-state index in [-0.39, 0.29) is 0 Å². The Morgan fingerprint density at radius 1 is 0.885 bits per heavy atom. The van der Waals surface area contributed by atoms with Crippen molar-refractivity contribution in [1.82, 2.24) is 19.6 Å². The van der Waals surface area contributed by atoms with Crippen LogP contribution in [0.4, 0.5) is 0 Å². The van der Waals surface area contributed by atoms with Crippen molar-refractivity contribution in [3.05, 3.63) is 83.8 Å². The maximum absolute atomic E-state index is 4.86. The maximum Gasteiger partial charge on any atom is 0.253 e. The van der Waals surface area contributed by atoms with Crippen LogP contribution in [0.5, 0.6) is 0 Å². The van der Waals surface area contributed by atoms with Crippen LogP contribution in [0.3, 0.4) is 0 Å². The highest BCUT2D eigenvalue weighted by Crippen LogP contribution is 2.36. The van der Waals surface area contributed by atoms with Gasteiger partial charge in [0.05, 0.1) is 11.4 Å². The Balaban J connectivity index is 1.77. The summed E-state index contributed by atoms with van der Waals surface area (Å²) in [6.07, 6.45) is 7.00. The van der Waals surface area contributed by atoms with Gasteiger partial charge in [-0.1, -0.05) is 60.7 Å². The molecule has 0 amide bonds. The van der Waals surface area contributed by atoms with E-state index in [4.69, 9.17) is 4.98 Å². The summed E-state index contributed by atoms with van der Waals surface area (Å²) in [5.74, 6) is 0.656. The summed E-state index contributed by atoms with van der Waals surface area (Å²) in [5, 5.41) is 4.44. The van der Waals surface area contributed by atoms with Gasteiger partial charge in [0, 0.05) is 11.1 Å². The molecule has 0 saturated heterocycles. The van der Waals surface area contributed by atoms with Crippen LogP contribution in [0, 0.1) is 0 Å². The average Bonchev–Trinajstić information content (AvgIpc) is 3.16. The van der Waals surface area contributed by atoms with E-state index in [1.807, 2.05) is 16.6 Å². The van der Waals surface area contributed by atoms with Gasteiger partial charge in [-0.25, -0.2) is 4.98 Å². The largest absolute Gasteiger partial charge is 0.253 e. The predicted octanol–water partition coefficient (Wildman–Crippen LogP) is 4.67. The summed E-state index contributed by atoms with van der Waals surface area (Å²) >= 11 is 0. The number of hydrogen-bond acceptors (Lipinski definition) is 3. The first-order valence-corrected chi connectivity index (χ1v) is 8.94. The highest BCUT2D eigenvalue weighted by molar-refractivity contribution is 5.85. The van der Waals surface area contributed by atoms with Gasteiger partial charge in [0.2, 0.25) is 0 Å². The van der Waals surface area contributed by atoms with E-state index in [1.54, 1.807) is 6.33 Å². The van der Waals surface area contributed by atoms with Crippen molar-refractivity contribution in [3.63, 3.8) is 0 Å². The molecule has 0 saturated carbocycles. The Hall–Kier alpha value is -3.27. The van der Waals surface area contributed by atoms with Crippen LogP contribution in [-0.4, -0.2) is 19.6 Å². The van der Waals surface area contributed by atoms with E-state index in [2.05, 4.69) is 64.7 Å². The normalized spacial score (nSPS) is 15.3. The van der Waals surface area contributed by atoms with Gasteiger partial charge in [-0.05, 0) is 36.5 Å². The molecule has 4 aromatic rings. The Bertz CT molecular complexity index is 1100. The number of allylic oxidation sites excluding steroid dienone is 1. The van der Waals surface area contributed by atoms with Crippen molar-refractivity contribution in [1.29, 1.82) is 0 Å². The van der Waals surface area contributed by atoms with E-state index in [0.29, 0.717) is 5.78 Å². The Labute approximate surface area is 151 Å². The van der Waals surface area contributed by atoms with Crippen molar-refractivity contribution < 1.29 is 0 Å². The Kier molecular flexibility index (Phi) is 3.60. The standard InChI is InChI=1S/C22H18N4/c1-3-8-16(9-4-1)14-18-12-7-13-19-20(18)25-22-23-15-24-26(22)21(19)17-10-5-2-6-11-17/h1-6,8-11,14-15H,7,12-13H2/b18-14+. The summed E-state index contributed by atoms with van der Waals surface area (Å²) in [6, 6.07) is 20.9. The van der Waals surface area contributed by atoms with E-state index >= 15 is 0 Å². The quantitative estimate of drug-likeness (QED) is 0.533. The molecule has 126 valence electrons. The summed E-state index contributed by atoms with van der Waals surface area (Å²) in [4.78, 5) is 9.23. The number of aromatic nitrogens is 4. The minimum absolute atomic E-state index is 0.656. The van der Waals surface area contributed by atoms with Gasteiger partial charge in [-0.15, -0.1) is 0 Å². The van der Waals surface area contributed by atoms with E-state index in [1.165, 1.54) is 16.7 Å². The molecule has 4 heteroatoms. The fraction of sp³-hybridized carbons (Fsp3) is 0.136. The lowest BCUT2D eigenvalue weighted by Crippen LogP contribution is -2.11. The van der Waals surface area contributed by atoms with E-state index in [0.717, 1.165) is 36.2 Å². The first-order chi connectivity index (χ1) is 12.9.